The number of hydrogen-bond acceptors (Lipinski definition) is 4. The van der Waals surface area contributed by atoms with Crippen LogP contribution in [-0.2, 0) is 29.2 Å². The summed E-state index contributed by atoms with van der Waals surface area (Å²) in [6.45, 7) is 1.12. The highest BCUT2D eigenvalue weighted by Crippen LogP contribution is 2.37. The third-order valence-corrected chi connectivity index (χ3v) is 5.42. The highest BCUT2D eigenvalue weighted by molar-refractivity contribution is 5.69. The molecule has 1 aromatic carbocycles. The van der Waals surface area contributed by atoms with Gasteiger partial charge in [0, 0.05) is 31.6 Å². The van der Waals surface area contributed by atoms with E-state index in [1.54, 1.807) is 10.9 Å². The Kier molecular flexibility index (Phi) is 6.62. The van der Waals surface area contributed by atoms with Gasteiger partial charge in [-0.15, -0.1) is 0 Å². The molecule has 0 unspecified atom stereocenters. The molecule has 1 fully saturated rings. The quantitative estimate of drug-likeness (QED) is 0.677. The third-order valence-electron chi connectivity index (χ3n) is 5.42. The first-order valence-corrected chi connectivity index (χ1v) is 9.74. The second kappa shape index (κ2) is 8.98. The molecule has 8 heteroatoms. The van der Waals surface area contributed by atoms with Gasteiger partial charge in [0.25, 0.3) is 0 Å². The first kappa shape index (κ1) is 21.4. The van der Waals surface area contributed by atoms with E-state index in [1.165, 1.54) is 12.1 Å². The lowest BCUT2D eigenvalue weighted by Gasteiger charge is -2.39. The van der Waals surface area contributed by atoms with Crippen molar-refractivity contribution >= 4 is 5.97 Å². The van der Waals surface area contributed by atoms with Crippen molar-refractivity contribution in [2.24, 2.45) is 13.0 Å². The maximum Gasteiger partial charge on any atom is 0.416 e. The van der Waals surface area contributed by atoms with Crippen LogP contribution in [0.4, 0.5) is 13.2 Å². The smallest absolute Gasteiger partial charge is 0.416 e. The molecule has 3 rings (SSSR count). The normalized spacial score (nSPS) is 20.6. The molecule has 2 atom stereocenters. The summed E-state index contributed by atoms with van der Waals surface area (Å²) in [5.41, 5.74) is 1.14. The Hall–Kier alpha value is -2.35. The van der Waals surface area contributed by atoms with E-state index in [4.69, 9.17) is 4.74 Å². The standard InChI is InChI=1S/C21H26F3N3O2/c1-26-11-3-4-17(14-29-19(28)10-5-15-12-25-27(2)13-15)20(26)16-6-8-18(9-7-16)21(22,23)24/h6-9,12-13,17,20H,3-5,10-11,14H2,1-2H3/t17-,20-/m1/s1. The van der Waals surface area contributed by atoms with Crippen molar-refractivity contribution in [3.05, 3.63) is 53.3 Å². The number of rotatable bonds is 6. The summed E-state index contributed by atoms with van der Waals surface area (Å²) in [7, 11) is 3.78. The largest absolute Gasteiger partial charge is 0.465 e. The molecule has 0 aliphatic carbocycles. The van der Waals surface area contributed by atoms with Crippen molar-refractivity contribution in [2.75, 3.05) is 20.2 Å². The van der Waals surface area contributed by atoms with Gasteiger partial charge in [-0.1, -0.05) is 12.1 Å². The Labute approximate surface area is 168 Å². The van der Waals surface area contributed by atoms with Crippen molar-refractivity contribution in [1.29, 1.82) is 0 Å². The second-order valence-electron chi connectivity index (χ2n) is 7.65. The zero-order valence-electron chi connectivity index (χ0n) is 16.7. The van der Waals surface area contributed by atoms with E-state index >= 15 is 0 Å². The van der Waals surface area contributed by atoms with E-state index in [-0.39, 0.29) is 31.0 Å². The minimum atomic E-state index is -4.35. The first-order chi connectivity index (χ1) is 13.7. The molecule has 5 nitrogen and oxygen atoms in total. The number of carbonyl (C=O) groups is 1. The summed E-state index contributed by atoms with van der Waals surface area (Å²) >= 11 is 0. The second-order valence-corrected chi connectivity index (χ2v) is 7.65. The highest BCUT2D eigenvalue weighted by atomic mass is 19.4. The van der Waals surface area contributed by atoms with Crippen LogP contribution in [-0.4, -0.2) is 40.8 Å². The van der Waals surface area contributed by atoms with Gasteiger partial charge in [-0.2, -0.15) is 18.3 Å². The number of piperidine rings is 1. The molecule has 0 saturated carbocycles. The molecule has 0 spiro atoms. The van der Waals surface area contributed by atoms with Crippen LogP contribution in [0, 0.1) is 5.92 Å². The molecular weight excluding hydrogens is 383 g/mol. The zero-order chi connectivity index (χ0) is 21.0. The summed E-state index contributed by atoms with van der Waals surface area (Å²) in [5, 5.41) is 4.08. The van der Waals surface area contributed by atoms with Gasteiger partial charge in [-0.3, -0.25) is 14.4 Å². The molecule has 158 valence electrons. The minimum Gasteiger partial charge on any atom is -0.465 e. The highest BCUT2D eigenvalue weighted by Gasteiger charge is 2.33. The molecule has 1 aliphatic heterocycles. The zero-order valence-corrected chi connectivity index (χ0v) is 16.7. The summed E-state index contributed by atoms with van der Waals surface area (Å²) in [6.07, 6.45) is 1.92. The lowest BCUT2D eigenvalue weighted by Crippen LogP contribution is -2.38. The van der Waals surface area contributed by atoms with Gasteiger partial charge in [0.1, 0.15) is 0 Å². The molecular formula is C21H26F3N3O2. The fraction of sp³-hybridized carbons (Fsp3) is 0.524. The van der Waals surface area contributed by atoms with E-state index < -0.39 is 11.7 Å². The van der Waals surface area contributed by atoms with Crippen LogP contribution >= 0.6 is 0 Å². The number of halogens is 3. The summed E-state index contributed by atoms with van der Waals surface area (Å²) in [5.74, 6) is -0.221. The van der Waals surface area contributed by atoms with Crippen LogP contribution < -0.4 is 0 Å². The number of alkyl halides is 3. The van der Waals surface area contributed by atoms with Crippen molar-refractivity contribution in [3.63, 3.8) is 0 Å². The fourth-order valence-electron chi connectivity index (χ4n) is 3.95. The van der Waals surface area contributed by atoms with Gasteiger partial charge in [-0.05, 0) is 56.1 Å². The number of hydrogen-bond donors (Lipinski definition) is 0. The van der Waals surface area contributed by atoms with Gasteiger partial charge in [0.05, 0.1) is 18.4 Å². The van der Waals surface area contributed by atoms with Crippen molar-refractivity contribution in [3.8, 4) is 0 Å². The fourth-order valence-corrected chi connectivity index (χ4v) is 3.95. The Morgan fingerprint density at radius 1 is 1.24 bits per heavy atom. The molecule has 1 aliphatic rings. The Bertz CT molecular complexity index is 817. The average molecular weight is 409 g/mol. The average Bonchev–Trinajstić information content (AvgIpc) is 3.09. The van der Waals surface area contributed by atoms with Gasteiger partial charge >= 0.3 is 12.1 Å². The summed E-state index contributed by atoms with van der Waals surface area (Å²) in [6, 6.07) is 5.24. The van der Waals surface area contributed by atoms with Crippen molar-refractivity contribution in [2.45, 2.75) is 37.9 Å². The molecule has 0 N–H and O–H groups in total. The van der Waals surface area contributed by atoms with Crippen LogP contribution in [0.1, 0.15) is 42.0 Å². The van der Waals surface area contributed by atoms with E-state index in [0.717, 1.165) is 42.6 Å². The topological polar surface area (TPSA) is 47.4 Å². The third kappa shape index (κ3) is 5.59. The molecule has 1 saturated heterocycles. The number of aryl methyl sites for hydroxylation is 2. The lowest BCUT2D eigenvalue weighted by molar-refractivity contribution is -0.146. The van der Waals surface area contributed by atoms with Crippen LogP contribution in [0.25, 0.3) is 0 Å². The predicted molar refractivity (Wildman–Crippen MR) is 102 cm³/mol. The van der Waals surface area contributed by atoms with Crippen molar-refractivity contribution in [1.82, 2.24) is 14.7 Å². The summed E-state index contributed by atoms with van der Waals surface area (Å²) < 4.78 is 45.7. The number of carbonyl (C=O) groups excluding carboxylic acids is 1. The first-order valence-electron chi connectivity index (χ1n) is 9.74. The molecule has 0 bridgehead atoms. The van der Waals surface area contributed by atoms with E-state index in [0.29, 0.717) is 6.42 Å². The number of likely N-dealkylation sites (tertiary alicyclic amines) is 1. The number of esters is 1. The Balaban J connectivity index is 1.60. The van der Waals surface area contributed by atoms with E-state index in [2.05, 4.69) is 10.00 Å². The van der Waals surface area contributed by atoms with Gasteiger partial charge < -0.3 is 4.74 Å². The molecule has 0 radical (unpaired) electrons. The Morgan fingerprint density at radius 2 is 1.97 bits per heavy atom. The van der Waals surface area contributed by atoms with Crippen LogP contribution in [0.3, 0.4) is 0 Å². The van der Waals surface area contributed by atoms with Crippen LogP contribution in [0.2, 0.25) is 0 Å². The molecule has 2 aromatic rings. The number of nitrogens with zero attached hydrogens (tertiary/aromatic N) is 3. The number of benzene rings is 1. The molecule has 29 heavy (non-hydrogen) atoms. The number of aromatic nitrogens is 2. The van der Waals surface area contributed by atoms with E-state index in [9.17, 15) is 18.0 Å². The van der Waals surface area contributed by atoms with Gasteiger partial charge in [0.15, 0.2) is 0 Å². The maximum absolute atomic E-state index is 12.8. The monoisotopic (exact) mass is 409 g/mol. The Morgan fingerprint density at radius 3 is 2.59 bits per heavy atom. The van der Waals surface area contributed by atoms with Crippen LogP contribution in [0.15, 0.2) is 36.7 Å². The molecule has 1 aromatic heterocycles. The lowest BCUT2D eigenvalue weighted by atomic mass is 9.85. The molecule has 0 amide bonds. The maximum atomic E-state index is 12.8. The van der Waals surface area contributed by atoms with Gasteiger partial charge in [0.2, 0.25) is 0 Å². The SMILES string of the molecule is CN1CCC[C@H](COC(=O)CCc2cnn(C)c2)[C@H]1c1ccc(C(F)(F)F)cc1. The van der Waals surface area contributed by atoms with Gasteiger partial charge in [-0.25, -0.2) is 0 Å². The predicted octanol–water partition coefficient (Wildman–Crippen LogP) is 4.00. The van der Waals surface area contributed by atoms with Crippen LogP contribution in [0.5, 0.6) is 0 Å². The number of ether oxygens (including phenoxy) is 1. The summed E-state index contributed by atoms with van der Waals surface area (Å²) in [4.78, 5) is 14.3. The van der Waals surface area contributed by atoms with E-state index in [1.807, 2.05) is 20.3 Å². The molecule has 2 heterocycles. The van der Waals surface area contributed by atoms with Crippen molar-refractivity contribution < 1.29 is 22.7 Å². The minimum absolute atomic E-state index is 0.0489.